The molecular weight excluding hydrogens is 452 g/mol. The van der Waals surface area contributed by atoms with Crippen molar-refractivity contribution in [3.8, 4) is 0 Å². The molecule has 0 aliphatic carbocycles. The van der Waals surface area contributed by atoms with E-state index in [1.165, 1.54) is 4.90 Å². The van der Waals surface area contributed by atoms with Gasteiger partial charge in [-0.25, -0.2) is 9.79 Å². The number of thioether (sulfide) groups is 2. The zero-order valence-electron chi connectivity index (χ0n) is 21.1. The van der Waals surface area contributed by atoms with E-state index in [-0.39, 0.29) is 6.09 Å². The molecule has 0 atom stereocenters. The lowest BCUT2D eigenvalue weighted by atomic mass is 10.2. The van der Waals surface area contributed by atoms with E-state index in [4.69, 9.17) is 10.5 Å². The second-order valence-corrected chi connectivity index (χ2v) is 9.89. The average Bonchev–Trinajstić information content (AvgIpc) is 2.77. The second-order valence-electron chi connectivity index (χ2n) is 8.01. The summed E-state index contributed by atoms with van der Waals surface area (Å²) in [5.41, 5.74) is 7.51. The molecule has 0 fully saturated rings. The molecule has 0 bridgehead atoms. The van der Waals surface area contributed by atoms with Crippen molar-refractivity contribution < 1.29 is 9.53 Å². The van der Waals surface area contributed by atoms with Gasteiger partial charge in [0.15, 0.2) is 0 Å². The Hall–Kier alpha value is -2.06. The van der Waals surface area contributed by atoms with Crippen LogP contribution in [0.4, 0.5) is 16.2 Å². The Morgan fingerprint density at radius 1 is 1.33 bits per heavy atom. The van der Waals surface area contributed by atoms with Crippen LogP contribution in [0.15, 0.2) is 51.7 Å². The average molecular weight is 493 g/mol. The number of hydrogen-bond donors (Lipinski definition) is 1. The van der Waals surface area contributed by atoms with E-state index in [2.05, 4.69) is 22.0 Å². The quantitative estimate of drug-likeness (QED) is 0.261. The summed E-state index contributed by atoms with van der Waals surface area (Å²) in [4.78, 5) is 22.3. The van der Waals surface area contributed by atoms with Crippen molar-refractivity contribution in [1.82, 2.24) is 4.90 Å². The minimum Gasteiger partial charge on any atom is -0.444 e. The highest BCUT2D eigenvalue weighted by Gasteiger charge is 2.23. The van der Waals surface area contributed by atoms with Crippen LogP contribution in [0.1, 0.15) is 41.5 Å². The summed E-state index contributed by atoms with van der Waals surface area (Å²) in [6, 6.07) is 6.16. The number of carbonyl (C=O) groups excluding carboxylic acids is 1. The third kappa shape index (κ3) is 10.6. The summed E-state index contributed by atoms with van der Waals surface area (Å²) in [5, 5.41) is 1.98. The Balaban J connectivity index is 0.00000265. The number of carbonyl (C=O) groups is 1. The van der Waals surface area contributed by atoms with Crippen molar-refractivity contribution >= 4 is 46.8 Å². The van der Waals surface area contributed by atoms with Crippen molar-refractivity contribution in [3.05, 3.63) is 41.8 Å². The van der Waals surface area contributed by atoms with E-state index in [0.29, 0.717) is 18.9 Å². The number of likely N-dealkylation sites (N-methyl/N-ethyl adjacent to an activating group) is 1. The van der Waals surface area contributed by atoms with Crippen LogP contribution >= 0.6 is 23.5 Å². The highest BCUT2D eigenvalue weighted by Crippen LogP contribution is 2.37. The third-order valence-electron chi connectivity index (χ3n) is 4.43. The predicted octanol–water partition coefficient (Wildman–Crippen LogP) is 6.30. The molecule has 1 aromatic carbocycles. The summed E-state index contributed by atoms with van der Waals surface area (Å²) < 4.78 is 5.53. The molecule has 1 aromatic rings. The van der Waals surface area contributed by atoms with Crippen LogP contribution in [-0.2, 0) is 4.74 Å². The van der Waals surface area contributed by atoms with E-state index in [0.717, 1.165) is 30.2 Å². The number of amides is 1. The summed E-state index contributed by atoms with van der Waals surface area (Å²) in [7, 11) is 0. The molecule has 0 aromatic heterocycles. The normalized spacial score (nSPS) is 14.2. The highest BCUT2D eigenvalue weighted by atomic mass is 32.2. The first-order valence-corrected chi connectivity index (χ1v) is 13.7. The van der Waals surface area contributed by atoms with Crippen LogP contribution < -0.4 is 10.6 Å². The first kappa shape index (κ1) is 29.0. The molecule has 1 aliphatic rings. The van der Waals surface area contributed by atoms with Gasteiger partial charge >= 0.3 is 6.09 Å². The lowest BCUT2D eigenvalue weighted by molar-refractivity contribution is 0.0265. The maximum atomic E-state index is 12.4. The minimum atomic E-state index is -0.495. The number of nitrogens with zero attached hydrogens (tertiary/aromatic N) is 3. The third-order valence-corrected chi connectivity index (χ3v) is 5.90. The molecule has 184 valence electrons. The predicted molar refractivity (Wildman–Crippen MR) is 147 cm³/mol. The fourth-order valence-electron chi connectivity index (χ4n) is 2.97. The number of amidine groups is 1. The van der Waals surface area contributed by atoms with Gasteiger partial charge in [0.25, 0.3) is 0 Å². The largest absolute Gasteiger partial charge is 0.444 e. The number of allylic oxidation sites excluding steroid dienone is 2. The lowest BCUT2D eigenvalue weighted by Gasteiger charge is -2.33. The summed E-state index contributed by atoms with van der Waals surface area (Å²) in [6.45, 7) is 14.5. The lowest BCUT2D eigenvalue weighted by Crippen LogP contribution is -2.42. The van der Waals surface area contributed by atoms with Gasteiger partial charge in [-0.2, -0.15) is 0 Å². The van der Waals surface area contributed by atoms with Gasteiger partial charge in [-0.1, -0.05) is 26.0 Å². The smallest absolute Gasteiger partial charge is 0.410 e. The van der Waals surface area contributed by atoms with Crippen molar-refractivity contribution in [1.29, 1.82) is 0 Å². The van der Waals surface area contributed by atoms with Crippen molar-refractivity contribution in [2.24, 2.45) is 10.7 Å². The number of benzene rings is 1. The number of nitrogens with two attached hydrogens (primary N) is 1. The summed E-state index contributed by atoms with van der Waals surface area (Å²) in [6.07, 6.45) is 7.34. The first-order valence-electron chi connectivity index (χ1n) is 11.4. The minimum absolute atomic E-state index is 0.268. The molecule has 0 radical (unpaired) electrons. The van der Waals surface area contributed by atoms with Crippen LogP contribution in [0.2, 0.25) is 0 Å². The zero-order chi connectivity index (χ0) is 24.9. The summed E-state index contributed by atoms with van der Waals surface area (Å²) >= 11 is 3.47. The van der Waals surface area contributed by atoms with E-state index in [1.807, 2.05) is 83.2 Å². The van der Waals surface area contributed by atoms with Crippen molar-refractivity contribution in [3.63, 3.8) is 0 Å². The molecule has 2 rings (SSSR count). The Morgan fingerprint density at radius 2 is 2.06 bits per heavy atom. The molecule has 2 N–H and O–H groups in total. The van der Waals surface area contributed by atoms with Crippen LogP contribution in [0.3, 0.4) is 0 Å². The maximum Gasteiger partial charge on any atom is 0.410 e. The van der Waals surface area contributed by atoms with Crippen LogP contribution in [-0.4, -0.2) is 60.6 Å². The van der Waals surface area contributed by atoms with Gasteiger partial charge in [-0.05, 0) is 63.6 Å². The number of fused-ring (bicyclic) bond motifs is 1. The van der Waals surface area contributed by atoms with Crippen LogP contribution in [0.5, 0.6) is 0 Å². The topological polar surface area (TPSA) is 71.2 Å². The van der Waals surface area contributed by atoms with Crippen LogP contribution in [0, 0.1) is 0 Å². The van der Waals surface area contributed by atoms with Gasteiger partial charge in [0.2, 0.25) is 0 Å². The van der Waals surface area contributed by atoms with Gasteiger partial charge in [-0.15, -0.1) is 23.5 Å². The number of anilines is 1. The Morgan fingerprint density at radius 3 is 2.70 bits per heavy atom. The highest BCUT2D eigenvalue weighted by molar-refractivity contribution is 8.01. The van der Waals surface area contributed by atoms with E-state index in [1.54, 1.807) is 22.7 Å². The van der Waals surface area contributed by atoms with Gasteiger partial charge in [0.05, 0.1) is 11.4 Å². The van der Waals surface area contributed by atoms with Gasteiger partial charge in [-0.3, -0.25) is 0 Å². The molecule has 1 aliphatic heterocycles. The molecule has 0 unspecified atom stereocenters. The standard InChI is InChI=1S/C23H34N4O2S2.C2H6/c1-6-26(22(28)29-23(2,3)4)12-13-27-14-16-31-20-11-10-18(17-19(20)27)25-21(24)9-7-8-15-30-5;1-2/h7-11,15,17H,6,12-14,16H2,1-5H3,(H2,24,25);1-2H3/b9-7+,15-8-;. The molecule has 0 spiro atoms. The molecule has 0 saturated carbocycles. The molecule has 0 saturated heterocycles. The Kier molecular flexibility index (Phi) is 13.1. The molecule has 1 amide bonds. The summed E-state index contributed by atoms with van der Waals surface area (Å²) in [5.74, 6) is 1.48. The monoisotopic (exact) mass is 492 g/mol. The molecular formula is C25H40N4O2S2. The van der Waals surface area contributed by atoms with Crippen LogP contribution in [0.25, 0.3) is 0 Å². The van der Waals surface area contributed by atoms with Crippen molar-refractivity contribution in [2.45, 2.75) is 52.0 Å². The fraction of sp³-hybridized carbons (Fsp3) is 0.520. The molecule has 1 heterocycles. The molecule has 6 nitrogen and oxygen atoms in total. The Bertz CT molecular complexity index is 832. The molecule has 8 heteroatoms. The maximum absolute atomic E-state index is 12.4. The second kappa shape index (κ2) is 15.0. The number of rotatable bonds is 8. The first-order chi connectivity index (χ1) is 15.7. The van der Waals surface area contributed by atoms with E-state index in [9.17, 15) is 4.79 Å². The van der Waals surface area contributed by atoms with Gasteiger partial charge in [0, 0.05) is 36.8 Å². The van der Waals surface area contributed by atoms with Gasteiger partial charge < -0.3 is 20.3 Å². The number of ether oxygens (including phenoxy) is 1. The fourth-order valence-corrected chi connectivity index (χ4v) is 4.25. The molecule has 33 heavy (non-hydrogen) atoms. The van der Waals surface area contributed by atoms with Gasteiger partial charge in [0.1, 0.15) is 11.4 Å². The number of hydrogen-bond acceptors (Lipinski definition) is 6. The SMILES string of the molecule is CC.CCN(CCN1CCSc2ccc(N=C(N)/C=C/C=C\SC)cc21)C(=O)OC(C)(C)C. The number of aliphatic imine (C=N–C) groups is 1. The van der Waals surface area contributed by atoms with E-state index >= 15 is 0 Å². The Labute approximate surface area is 208 Å². The zero-order valence-corrected chi connectivity index (χ0v) is 22.8. The van der Waals surface area contributed by atoms with Crippen molar-refractivity contribution in [2.75, 3.05) is 43.1 Å². The van der Waals surface area contributed by atoms with E-state index < -0.39 is 5.60 Å².